The molecule has 2 aliphatic rings. The van der Waals surface area contributed by atoms with Gasteiger partial charge in [0.05, 0.1) is 24.0 Å². The zero-order valence-electron chi connectivity index (χ0n) is 12.9. The van der Waals surface area contributed by atoms with Crippen LogP contribution >= 0.6 is 0 Å². The summed E-state index contributed by atoms with van der Waals surface area (Å²) in [5.41, 5.74) is 0.946. The summed E-state index contributed by atoms with van der Waals surface area (Å²) >= 11 is 0. The SMILES string of the molecule is CC(=O)O[C@@H]1C[C@H]2CN(S(=O)(=O)c3ccc(C)cc3)C(=O)N2C1. The van der Waals surface area contributed by atoms with Crippen LogP contribution in [0.1, 0.15) is 18.9 Å². The molecular formula is C15H18N2O5S. The quantitative estimate of drug-likeness (QED) is 0.771. The maximum Gasteiger partial charge on any atom is 0.334 e. The van der Waals surface area contributed by atoms with E-state index in [2.05, 4.69) is 0 Å². The molecule has 2 fully saturated rings. The van der Waals surface area contributed by atoms with Crippen molar-refractivity contribution >= 4 is 22.0 Å². The second-order valence-corrected chi connectivity index (χ2v) is 7.77. The van der Waals surface area contributed by atoms with E-state index in [1.54, 1.807) is 12.1 Å². The average molecular weight is 338 g/mol. The van der Waals surface area contributed by atoms with E-state index in [1.807, 2.05) is 6.92 Å². The maximum absolute atomic E-state index is 12.6. The number of hydrogen-bond donors (Lipinski definition) is 0. The van der Waals surface area contributed by atoms with Crippen LogP contribution in [-0.2, 0) is 19.6 Å². The van der Waals surface area contributed by atoms with Gasteiger partial charge in [-0.05, 0) is 19.1 Å². The summed E-state index contributed by atoms with van der Waals surface area (Å²) < 4.78 is 31.3. The Morgan fingerprint density at radius 1 is 1.22 bits per heavy atom. The van der Waals surface area contributed by atoms with Gasteiger partial charge in [-0.3, -0.25) is 4.79 Å². The molecule has 8 heteroatoms. The molecule has 3 rings (SSSR count). The first-order chi connectivity index (χ1) is 10.8. The fourth-order valence-corrected chi connectivity index (χ4v) is 4.47. The van der Waals surface area contributed by atoms with Crippen molar-refractivity contribution in [3.63, 3.8) is 0 Å². The van der Waals surface area contributed by atoms with E-state index >= 15 is 0 Å². The van der Waals surface area contributed by atoms with Gasteiger partial charge in [0.1, 0.15) is 6.10 Å². The smallest absolute Gasteiger partial charge is 0.334 e. The number of sulfonamides is 1. The number of carbonyl (C=O) groups excluding carboxylic acids is 2. The Hall–Kier alpha value is -2.09. The van der Waals surface area contributed by atoms with Crippen molar-refractivity contribution in [3.8, 4) is 0 Å². The minimum Gasteiger partial charge on any atom is -0.461 e. The second-order valence-electron chi connectivity index (χ2n) is 5.91. The van der Waals surface area contributed by atoms with Gasteiger partial charge in [-0.2, -0.15) is 0 Å². The van der Waals surface area contributed by atoms with Gasteiger partial charge in [-0.15, -0.1) is 0 Å². The Morgan fingerprint density at radius 2 is 1.87 bits per heavy atom. The summed E-state index contributed by atoms with van der Waals surface area (Å²) in [5.74, 6) is -0.396. The van der Waals surface area contributed by atoms with Gasteiger partial charge in [-0.1, -0.05) is 17.7 Å². The van der Waals surface area contributed by atoms with Gasteiger partial charge in [0.2, 0.25) is 0 Å². The van der Waals surface area contributed by atoms with Crippen LogP contribution in [0.2, 0.25) is 0 Å². The molecule has 23 heavy (non-hydrogen) atoms. The van der Waals surface area contributed by atoms with Crippen molar-refractivity contribution in [3.05, 3.63) is 29.8 Å². The van der Waals surface area contributed by atoms with Crippen molar-refractivity contribution in [2.45, 2.75) is 37.3 Å². The number of benzene rings is 1. The number of fused-ring (bicyclic) bond motifs is 1. The Kier molecular flexibility index (Phi) is 3.79. The number of amides is 2. The first kappa shape index (κ1) is 15.8. The molecule has 1 aromatic rings. The number of esters is 1. The molecule has 7 nitrogen and oxygen atoms in total. The summed E-state index contributed by atoms with van der Waals surface area (Å²) in [6, 6.07) is 5.61. The molecule has 0 unspecified atom stereocenters. The van der Waals surface area contributed by atoms with E-state index in [-0.39, 0.29) is 30.1 Å². The average Bonchev–Trinajstić information content (AvgIpc) is 2.98. The first-order valence-electron chi connectivity index (χ1n) is 7.36. The zero-order valence-corrected chi connectivity index (χ0v) is 13.7. The lowest BCUT2D eigenvalue weighted by molar-refractivity contribution is -0.145. The topological polar surface area (TPSA) is 84.0 Å². The van der Waals surface area contributed by atoms with Crippen LogP contribution in [0.4, 0.5) is 4.79 Å². The van der Waals surface area contributed by atoms with Gasteiger partial charge in [0, 0.05) is 13.3 Å². The lowest BCUT2D eigenvalue weighted by Crippen LogP contribution is -2.38. The molecule has 2 heterocycles. The number of carbonyl (C=O) groups is 2. The highest BCUT2D eigenvalue weighted by atomic mass is 32.2. The molecule has 2 aliphatic heterocycles. The molecule has 0 bridgehead atoms. The van der Waals surface area contributed by atoms with Crippen LogP contribution in [0.25, 0.3) is 0 Å². The molecule has 124 valence electrons. The van der Waals surface area contributed by atoms with E-state index in [0.717, 1.165) is 9.87 Å². The van der Waals surface area contributed by atoms with Crippen LogP contribution < -0.4 is 0 Å². The summed E-state index contributed by atoms with van der Waals surface area (Å²) in [7, 11) is -3.85. The van der Waals surface area contributed by atoms with Crippen LogP contribution in [0, 0.1) is 6.92 Å². The van der Waals surface area contributed by atoms with Crippen molar-refractivity contribution in [2.24, 2.45) is 0 Å². The maximum atomic E-state index is 12.6. The fourth-order valence-electron chi connectivity index (χ4n) is 3.05. The van der Waals surface area contributed by atoms with Gasteiger partial charge >= 0.3 is 12.0 Å². The standard InChI is InChI=1S/C15H18N2O5S/c1-10-3-5-14(6-4-10)23(20,21)17-8-12-7-13(22-11(2)18)9-16(12)15(17)19/h3-6,12-13H,7-9H2,1-2H3/t12-,13+/m0/s1. The molecule has 0 N–H and O–H groups in total. The van der Waals surface area contributed by atoms with Crippen LogP contribution in [-0.4, -0.2) is 54.9 Å². The van der Waals surface area contributed by atoms with Crippen LogP contribution in [0.3, 0.4) is 0 Å². The molecule has 0 aliphatic carbocycles. The lowest BCUT2D eigenvalue weighted by atomic mass is 10.2. The zero-order chi connectivity index (χ0) is 16.8. The number of ether oxygens (including phenoxy) is 1. The minimum absolute atomic E-state index is 0.0901. The van der Waals surface area contributed by atoms with E-state index in [9.17, 15) is 18.0 Å². The van der Waals surface area contributed by atoms with Crippen molar-refractivity contribution in [1.82, 2.24) is 9.21 Å². The van der Waals surface area contributed by atoms with Crippen LogP contribution in [0.5, 0.6) is 0 Å². The highest BCUT2D eigenvalue weighted by Crippen LogP contribution is 2.31. The Morgan fingerprint density at radius 3 is 2.43 bits per heavy atom. The highest BCUT2D eigenvalue weighted by Gasteiger charge is 2.49. The molecule has 2 saturated heterocycles. The Bertz CT molecular complexity index is 744. The summed E-state index contributed by atoms with van der Waals surface area (Å²) in [4.78, 5) is 25.0. The molecule has 0 saturated carbocycles. The number of hydrogen-bond acceptors (Lipinski definition) is 5. The van der Waals surface area contributed by atoms with Gasteiger partial charge < -0.3 is 9.64 Å². The molecule has 0 aromatic heterocycles. The van der Waals surface area contributed by atoms with E-state index in [1.165, 1.54) is 24.0 Å². The van der Waals surface area contributed by atoms with Gasteiger partial charge in [0.15, 0.2) is 0 Å². The minimum atomic E-state index is -3.85. The van der Waals surface area contributed by atoms with E-state index < -0.39 is 22.0 Å². The number of aryl methyl sites for hydroxylation is 1. The fraction of sp³-hybridized carbons (Fsp3) is 0.467. The normalized spacial score (nSPS) is 24.0. The van der Waals surface area contributed by atoms with Gasteiger partial charge in [0.25, 0.3) is 10.0 Å². The Balaban J connectivity index is 1.78. The summed E-state index contributed by atoms with van der Waals surface area (Å²) in [6.45, 7) is 3.51. The molecule has 1 aromatic carbocycles. The van der Waals surface area contributed by atoms with Crippen molar-refractivity contribution in [1.29, 1.82) is 0 Å². The van der Waals surface area contributed by atoms with Gasteiger partial charge in [-0.25, -0.2) is 17.5 Å². The highest BCUT2D eigenvalue weighted by molar-refractivity contribution is 7.89. The monoisotopic (exact) mass is 338 g/mol. The summed E-state index contributed by atoms with van der Waals surface area (Å²) in [5, 5.41) is 0. The summed E-state index contributed by atoms with van der Waals surface area (Å²) in [6.07, 6.45) is 0.108. The third-order valence-corrected chi connectivity index (χ3v) is 5.91. The molecular weight excluding hydrogens is 320 g/mol. The van der Waals surface area contributed by atoms with Crippen molar-refractivity contribution in [2.75, 3.05) is 13.1 Å². The number of rotatable bonds is 3. The number of nitrogens with zero attached hydrogens (tertiary/aromatic N) is 2. The third kappa shape index (κ3) is 2.78. The largest absolute Gasteiger partial charge is 0.461 e. The molecule has 0 radical (unpaired) electrons. The van der Waals surface area contributed by atoms with E-state index in [4.69, 9.17) is 4.74 Å². The second kappa shape index (κ2) is 5.52. The molecule has 2 amide bonds. The van der Waals surface area contributed by atoms with Crippen LogP contribution in [0.15, 0.2) is 29.2 Å². The predicted octanol–water partition coefficient (Wildman–Crippen LogP) is 1.13. The Labute approximate surface area is 134 Å². The third-order valence-electron chi connectivity index (χ3n) is 4.15. The first-order valence-corrected chi connectivity index (χ1v) is 8.80. The molecule has 0 spiro atoms. The molecule has 2 atom stereocenters. The van der Waals surface area contributed by atoms with E-state index in [0.29, 0.717) is 6.42 Å². The van der Waals surface area contributed by atoms with Crippen molar-refractivity contribution < 1.29 is 22.7 Å². The number of urea groups is 1. The lowest BCUT2D eigenvalue weighted by Gasteiger charge is -2.19. The predicted molar refractivity (Wildman–Crippen MR) is 81.1 cm³/mol.